The van der Waals surface area contributed by atoms with Crippen molar-refractivity contribution in [3.63, 3.8) is 0 Å². The molecule has 29 heavy (non-hydrogen) atoms. The van der Waals surface area contributed by atoms with Crippen LogP contribution in [0.2, 0.25) is 0 Å². The molecule has 3 rings (SSSR count). The Morgan fingerprint density at radius 2 is 2.00 bits per heavy atom. The Balaban J connectivity index is 1.81. The van der Waals surface area contributed by atoms with E-state index in [1.807, 2.05) is 12.1 Å². The molecule has 7 nitrogen and oxygen atoms in total. The first-order chi connectivity index (χ1) is 14.1. The first-order valence-electron chi connectivity index (χ1n) is 9.68. The van der Waals surface area contributed by atoms with Crippen LogP contribution >= 0.6 is 0 Å². The van der Waals surface area contributed by atoms with Gasteiger partial charge >= 0.3 is 0 Å². The molecule has 2 heterocycles. The molecular formula is C22H25N3O4. The normalized spacial score (nSPS) is 10.7. The Morgan fingerprint density at radius 3 is 2.72 bits per heavy atom. The van der Waals surface area contributed by atoms with E-state index < -0.39 is 11.5 Å². The molecule has 0 fully saturated rings. The number of aromatic amines is 1. The maximum absolute atomic E-state index is 12.6. The molecule has 1 amide bonds. The number of carbonyl (C=O) groups excluding carboxylic acids is 1. The highest BCUT2D eigenvalue weighted by Crippen LogP contribution is 2.34. The van der Waals surface area contributed by atoms with Gasteiger partial charge in [0.2, 0.25) is 0 Å². The molecule has 3 aromatic rings. The summed E-state index contributed by atoms with van der Waals surface area (Å²) in [5.74, 6) is 0.616. The first kappa shape index (κ1) is 20.4. The van der Waals surface area contributed by atoms with Crippen molar-refractivity contribution < 1.29 is 14.3 Å². The number of fused-ring (bicyclic) bond motifs is 1. The Morgan fingerprint density at radius 1 is 1.21 bits per heavy atom. The average Bonchev–Trinajstić information content (AvgIpc) is 2.74. The number of methoxy groups -OCH3 is 1. The van der Waals surface area contributed by atoms with Crippen LogP contribution in [0.1, 0.15) is 35.7 Å². The standard InChI is InChI=1S/C22H25N3O4/c1-3-4-13-29-20-18(28-2)6-5-16-14-17(22(27)25-19(16)20)21(26)24-12-9-15-7-10-23-11-8-15/h5-8,10-11,14H,3-4,9,12-13H2,1-2H3,(H,24,26)(H,25,27). The Hall–Kier alpha value is -3.35. The number of nitrogens with zero attached hydrogens (tertiary/aromatic N) is 1. The molecule has 0 saturated carbocycles. The van der Waals surface area contributed by atoms with E-state index in [2.05, 4.69) is 22.2 Å². The molecule has 0 unspecified atom stereocenters. The Labute approximate surface area is 169 Å². The van der Waals surface area contributed by atoms with Gasteiger partial charge in [0, 0.05) is 24.3 Å². The van der Waals surface area contributed by atoms with Crippen molar-refractivity contribution in [1.29, 1.82) is 0 Å². The molecule has 2 aromatic heterocycles. The van der Waals surface area contributed by atoms with Crippen LogP contribution in [0.5, 0.6) is 11.5 Å². The van der Waals surface area contributed by atoms with Crippen LogP contribution in [0.15, 0.2) is 47.5 Å². The van der Waals surface area contributed by atoms with E-state index >= 15 is 0 Å². The van der Waals surface area contributed by atoms with Crippen LogP contribution in [-0.4, -0.2) is 36.1 Å². The molecule has 0 radical (unpaired) electrons. The third-order valence-electron chi connectivity index (χ3n) is 4.59. The van der Waals surface area contributed by atoms with E-state index in [-0.39, 0.29) is 5.56 Å². The zero-order valence-corrected chi connectivity index (χ0v) is 16.7. The summed E-state index contributed by atoms with van der Waals surface area (Å²) >= 11 is 0. The zero-order chi connectivity index (χ0) is 20.6. The summed E-state index contributed by atoms with van der Waals surface area (Å²) in [6.07, 6.45) is 5.96. The van der Waals surface area contributed by atoms with Gasteiger partial charge in [-0.15, -0.1) is 0 Å². The van der Waals surface area contributed by atoms with Crippen LogP contribution in [0, 0.1) is 0 Å². The molecule has 0 aliphatic carbocycles. The van der Waals surface area contributed by atoms with E-state index in [4.69, 9.17) is 9.47 Å². The van der Waals surface area contributed by atoms with Crippen molar-refractivity contribution in [3.8, 4) is 11.5 Å². The second kappa shape index (κ2) is 9.73. The van der Waals surface area contributed by atoms with E-state index in [0.29, 0.717) is 42.0 Å². The van der Waals surface area contributed by atoms with Crippen molar-refractivity contribution in [2.75, 3.05) is 20.3 Å². The van der Waals surface area contributed by atoms with Crippen LogP contribution in [0.25, 0.3) is 10.9 Å². The summed E-state index contributed by atoms with van der Waals surface area (Å²) in [7, 11) is 1.55. The van der Waals surface area contributed by atoms with Crippen molar-refractivity contribution in [2.24, 2.45) is 0 Å². The smallest absolute Gasteiger partial charge is 0.261 e. The molecule has 7 heteroatoms. The molecule has 0 atom stereocenters. The summed E-state index contributed by atoms with van der Waals surface area (Å²) in [6.45, 7) is 3.02. The lowest BCUT2D eigenvalue weighted by atomic mass is 10.1. The molecule has 1 aromatic carbocycles. The van der Waals surface area contributed by atoms with Gasteiger partial charge in [0.1, 0.15) is 5.56 Å². The third kappa shape index (κ3) is 4.93. The fourth-order valence-corrected chi connectivity index (χ4v) is 2.99. The zero-order valence-electron chi connectivity index (χ0n) is 16.7. The quantitative estimate of drug-likeness (QED) is 0.543. The van der Waals surface area contributed by atoms with E-state index in [1.165, 1.54) is 0 Å². The SMILES string of the molecule is CCCCOc1c(OC)ccc2cc(C(=O)NCCc3ccncc3)c(=O)[nH]c12. The fraction of sp³-hybridized carbons (Fsp3) is 0.318. The maximum Gasteiger partial charge on any atom is 0.261 e. The molecule has 0 bridgehead atoms. The van der Waals surface area contributed by atoms with Crippen LogP contribution in [0.3, 0.4) is 0 Å². The minimum atomic E-state index is -0.465. The number of aromatic nitrogens is 2. The minimum absolute atomic E-state index is 0.0666. The molecule has 0 spiro atoms. The Bertz CT molecular complexity index is 1030. The highest BCUT2D eigenvalue weighted by Gasteiger charge is 2.16. The van der Waals surface area contributed by atoms with Gasteiger partial charge in [0.25, 0.3) is 11.5 Å². The van der Waals surface area contributed by atoms with Gasteiger partial charge in [-0.1, -0.05) is 13.3 Å². The topological polar surface area (TPSA) is 93.3 Å². The molecule has 0 saturated heterocycles. The fourth-order valence-electron chi connectivity index (χ4n) is 2.99. The van der Waals surface area contributed by atoms with Crippen LogP contribution in [0.4, 0.5) is 0 Å². The van der Waals surface area contributed by atoms with Gasteiger partial charge in [-0.3, -0.25) is 14.6 Å². The number of pyridine rings is 2. The number of nitrogens with one attached hydrogen (secondary N) is 2. The molecular weight excluding hydrogens is 370 g/mol. The number of hydrogen-bond donors (Lipinski definition) is 2. The number of H-pyrrole nitrogens is 1. The first-order valence-corrected chi connectivity index (χ1v) is 9.68. The van der Waals surface area contributed by atoms with Gasteiger partial charge in [0.05, 0.1) is 19.2 Å². The lowest BCUT2D eigenvalue weighted by Crippen LogP contribution is -2.31. The number of rotatable bonds is 9. The lowest BCUT2D eigenvalue weighted by molar-refractivity contribution is 0.0953. The number of amides is 1. The van der Waals surface area contributed by atoms with Crippen molar-refractivity contribution in [3.05, 3.63) is 64.2 Å². The van der Waals surface area contributed by atoms with Gasteiger partial charge in [-0.25, -0.2) is 0 Å². The number of hydrogen-bond acceptors (Lipinski definition) is 5. The number of carbonyl (C=O) groups is 1. The highest BCUT2D eigenvalue weighted by atomic mass is 16.5. The average molecular weight is 395 g/mol. The molecule has 152 valence electrons. The van der Waals surface area contributed by atoms with Crippen LogP contribution in [-0.2, 0) is 6.42 Å². The predicted octanol–water partition coefficient (Wildman–Crippen LogP) is 3.08. The van der Waals surface area contributed by atoms with E-state index in [1.54, 1.807) is 37.7 Å². The third-order valence-corrected chi connectivity index (χ3v) is 4.59. The largest absolute Gasteiger partial charge is 0.493 e. The van der Waals surface area contributed by atoms with Gasteiger partial charge in [-0.05, 0) is 48.7 Å². The summed E-state index contributed by atoms with van der Waals surface area (Å²) < 4.78 is 11.2. The van der Waals surface area contributed by atoms with E-state index in [0.717, 1.165) is 18.4 Å². The van der Waals surface area contributed by atoms with Crippen molar-refractivity contribution >= 4 is 16.8 Å². The summed E-state index contributed by atoms with van der Waals surface area (Å²) in [4.78, 5) is 31.8. The Kier molecular flexibility index (Phi) is 6.84. The summed E-state index contributed by atoms with van der Waals surface area (Å²) in [5.41, 5.74) is 1.19. The van der Waals surface area contributed by atoms with Crippen molar-refractivity contribution in [1.82, 2.24) is 15.3 Å². The van der Waals surface area contributed by atoms with E-state index in [9.17, 15) is 9.59 Å². The molecule has 0 aliphatic heterocycles. The number of unbranched alkanes of at least 4 members (excludes halogenated alkanes) is 1. The lowest BCUT2D eigenvalue weighted by Gasteiger charge is -2.13. The number of ether oxygens (including phenoxy) is 2. The predicted molar refractivity (Wildman–Crippen MR) is 112 cm³/mol. The van der Waals surface area contributed by atoms with Gasteiger partial charge < -0.3 is 19.8 Å². The van der Waals surface area contributed by atoms with Crippen LogP contribution < -0.4 is 20.3 Å². The second-order valence-electron chi connectivity index (χ2n) is 6.64. The minimum Gasteiger partial charge on any atom is -0.493 e. The summed E-state index contributed by atoms with van der Waals surface area (Å²) in [5, 5.41) is 3.50. The van der Waals surface area contributed by atoms with Crippen molar-refractivity contribution in [2.45, 2.75) is 26.2 Å². The monoisotopic (exact) mass is 395 g/mol. The van der Waals surface area contributed by atoms with Gasteiger partial charge in [0.15, 0.2) is 11.5 Å². The molecule has 0 aliphatic rings. The second-order valence-corrected chi connectivity index (χ2v) is 6.64. The number of benzene rings is 1. The highest BCUT2D eigenvalue weighted by molar-refractivity contribution is 5.98. The summed E-state index contributed by atoms with van der Waals surface area (Å²) in [6, 6.07) is 8.94. The maximum atomic E-state index is 12.6. The van der Waals surface area contributed by atoms with Gasteiger partial charge in [-0.2, -0.15) is 0 Å². The molecule has 2 N–H and O–H groups in total.